The summed E-state index contributed by atoms with van der Waals surface area (Å²) < 4.78 is 4.55. The van der Waals surface area contributed by atoms with Crippen LogP contribution in [0.1, 0.15) is 60.8 Å². The average Bonchev–Trinajstić information content (AvgIpc) is 2.49. The highest BCUT2D eigenvalue weighted by molar-refractivity contribution is 5.89. The van der Waals surface area contributed by atoms with Gasteiger partial charge in [0.2, 0.25) is 0 Å². The molecule has 0 N–H and O–H groups in total. The molecule has 0 amide bonds. The van der Waals surface area contributed by atoms with Gasteiger partial charge in [0.25, 0.3) is 6.47 Å². The SMILES string of the molecule is CC(C)(C)OC=O.CC12CCC(CC1=O)C2(C)C. The second kappa shape index (κ2) is 4.67. The lowest BCUT2D eigenvalue weighted by molar-refractivity contribution is -0.138. The van der Waals surface area contributed by atoms with Crippen LogP contribution in [0.3, 0.4) is 0 Å². The quantitative estimate of drug-likeness (QED) is 0.674. The van der Waals surface area contributed by atoms with Crippen LogP contribution in [0, 0.1) is 16.7 Å². The Balaban J connectivity index is 0.000000203. The molecule has 0 aromatic carbocycles. The van der Waals surface area contributed by atoms with Crippen LogP contribution in [-0.4, -0.2) is 17.9 Å². The van der Waals surface area contributed by atoms with Crippen LogP contribution < -0.4 is 0 Å². The van der Waals surface area contributed by atoms with E-state index in [0.29, 0.717) is 18.2 Å². The lowest BCUT2D eigenvalue weighted by Gasteiger charge is -2.32. The van der Waals surface area contributed by atoms with Crippen molar-refractivity contribution >= 4 is 12.3 Å². The molecule has 2 fully saturated rings. The Morgan fingerprint density at radius 2 is 1.83 bits per heavy atom. The monoisotopic (exact) mass is 254 g/mol. The minimum absolute atomic E-state index is 0.0255. The Labute approximate surface area is 110 Å². The Kier molecular flexibility index (Phi) is 3.94. The molecule has 0 aromatic rings. The second-order valence-electron chi connectivity index (χ2n) is 7.24. The average molecular weight is 254 g/mol. The first-order valence-electron chi connectivity index (χ1n) is 6.69. The number of Topliss-reactive ketones (excluding diaryl/α,β-unsaturated/α-hetero) is 1. The molecule has 3 nitrogen and oxygen atoms in total. The maximum Gasteiger partial charge on any atom is 0.293 e. The molecule has 0 radical (unpaired) electrons. The van der Waals surface area contributed by atoms with Gasteiger partial charge in [-0.15, -0.1) is 0 Å². The third-order valence-corrected chi connectivity index (χ3v) is 4.88. The zero-order valence-electron chi connectivity index (χ0n) is 12.5. The van der Waals surface area contributed by atoms with Gasteiger partial charge in [0.1, 0.15) is 11.4 Å². The van der Waals surface area contributed by atoms with Crippen molar-refractivity contribution in [1.82, 2.24) is 0 Å². The fourth-order valence-corrected chi connectivity index (χ4v) is 3.05. The Morgan fingerprint density at radius 1 is 1.28 bits per heavy atom. The lowest BCUT2D eigenvalue weighted by atomic mass is 9.70. The zero-order chi connectivity index (χ0) is 14.2. The molecule has 2 aliphatic rings. The van der Waals surface area contributed by atoms with Crippen LogP contribution in [-0.2, 0) is 14.3 Å². The number of hydrogen-bond acceptors (Lipinski definition) is 3. The number of ether oxygens (including phenoxy) is 1. The van der Waals surface area contributed by atoms with Crippen molar-refractivity contribution in [2.75, 3.05) is 0 Å². The molecule has 2 aliphatic carbocycles. The first-order valence-corrected chi connectivity index (χ1v) is 6.69. The first kappa shape index (κ1) is 15.2. The third-order valence-electron chi connectivity index (χ3n) is 4.88. The van der Waals surface area contributed by atoms with E-state index in [1.54, 1.807) is 0 Å². The van der Waals surface area contributed by atoms with Crippen LogP contribution >= 0.6 is 0 Å². The zero-order valence-corrected chi connectivity index (χ0v) is 12.5. The summed E-state index contributed by atoms with van der Waals surface area (Å²) in [4.78, 5) is 21.2. The van der Waals surface area contributed by atoms with Crippen molar-refractivity contribution < 1.29 is 14.3 Å². The van der Waals surface area contributed by atoms with E-state index < -0.39 is 0 Å². The summed E-state index contributed by atoms with van der Waals surface area (Å²) in [5, 5.41) is 0. The highest BCUT2D eigenvalue weighted by Gasteiger charge is 2.61. The fourth-order valence-electron chi connectivity index (χ4n) is 3.05. The molecule has 0 heterocycles. The van der Waals surface area contributed by atoms with Crippen molar-refractivity contribution in [3.05, 3.63) is 0 Å². The molecular weight excluding hydrogens is 228 g/mol. The van der Waals surface area contributed by atoms with Gasteiger partial charge < -0.3 is 4.74 Å². The number of fused-ring (bicyclic) bond motifs is 2. The van der Waals surface area contributed by atoms with E-state index in [1.165, 1.54) is 6.42 Å². The number of rotatable bonds is 1. The number of hydrogen-bond donors (Lipinski definition) is 0. The molecule has 2 bridgehead atoms. The van der Waals surface area contributed by atoms with Crippen LogP contribution in [0.5, 0.6) is 0 Å². The predicted octanol–water partition coefficient (Wildman–Crippen LogP) is 3.36. The van der Waals surface area contributed by atoms with Gasteiger partial charge in [0.05, 0.1) is 0 Å². The molecule has 0 spiro atoms. The highest BCUT2D eigenvalue weighted by atomic mass is 16.5. The van der Waals surface area contributed by atoms with Crippen LogP contribution in [0.2, 0.25) is 0 Å². The predicted molar refractivity (Wildman–Crippen MR) is 71.1 cm³/mol. The molecule has 0 aromatic heterocycles. The van der Waals surface area contributed by atoms with Crippen molar-refractivity contribution in [3.8, 4) is 0 Å². The molecule has 0 aliphatic heterocycles. The van der Waals surface area contributed by atoms with Crippen molar-refractivity contribution in [1.29, 1.82) is 0 Å². The number of carbonyl (C=O) groups is 2. The molecular formula is C15H26O3. The van der Waals surface area contributed by atoms with Crippen LogP contribution in [0.25, 0.3) is 0 Å². The smallest absolute Gasteiger partial charge is 0.293 e. The fraction of sp³-hybridized carbons (Fsp3) is 0.867. The van der Waals surface area contributed by atoms with Gasteiger partial charge in [-0.1, -0.05) is 20.8 Å². The number of ketones is 1. The summed E-state index contributed by atoms with van der Waals surface area (Å²) in [5.74, 6) is 1.19. The van der Waals surface area contributed by atoms with Crippen molar-refractivity contribution in [2.45, 2.75) is 66.4 Å². The van der Waals surface area contributed by atoms with E-state index in [1.807, 2.05) is 20.8 Å². The summed E-state index contributed by atoms with van der Waals surface area (Å²) in [6.45, 7) is 12.6. The van der Waals surface area contributed by atoms with Gasteiger partial charge in [-0.05, 0) is 44.9 Å². The van der Waals surface area contributed by atoms with Crippen molar-refractivity contribution in [3.63, 3.8) is 0 Å². The van der Waals surface area contributed by atoms with Gasteiger partial charge in [-0.3, -0.25) is 9.59 Å². The minimum atomic E-state index is -0.318. The van der Waals surface area contributed by atoms with Gasteiger partial charge in [-0.25, -0.2) is 0 Å². The maximum absolute atomic E-state index is 11.6. The van der Waals surface area contributed by atoms with E-state index in [2.05, 4.69) is 25.5 Å². The third kappa shape index (κ3) is 2.60. The molecule has 3 heteroatoms. The summed E-state index contributed by atoms with van der Waals surface area (Å²) >= 11 is 0. The Morgan fingerprint density at radius 3 is 1.94 bits per heavy atom. The molecule has 2 atom stereocenters. The Hall–Kier alpha value is -0.860. The second-order valence-corrected chi connectivity index (χ2v) is 7.24. The molecule has 2 rings (SSSR count). The first-order chi connectivity index (χ1) is 8.04. The van der Waals surface area contributed by atoms with Gasteiger partial charge in [0, 0.05) is 11.8 Å². The standard InChI is InChI=1S/C10H16O.C5H10O2/c1-9(2)7-4-5-10(9,3)8(11)6-7;1-5(2,3)7-4-6/h7H,4-6H2,1-3H3;4H,1-3H3. The van der Waals surface area contributed by atoms with Gasteiger partial charge in [-0.2, -0.15) is 0 Å². The summed E-state index contributed by atoms with van der Waals surface area (Å²) in [6.07, 6.45) is 3.25. The highest BCUT2D eigenvalue weighted by Crippen LogP contribution is 2.63. The van der Waals surface area contributed by atoms with Gasteiger partial charge >= 0.3 is 0 Å². The lowest BCUT2D eigenvalue weighted by Crippen LogP contribution is -2.32. The van der Waals surface area contributed by atoms with Crippen LogP contribution in [0.15, 0.2) is 0 Å². The molecule has 2 saturated carbocycles. The van der Waals surface area contributed by atoms with Crippen LogP contribution in [0.4, 0.5) is 0 Å². The molecule has 0 saturated heterocycles. The summed E-state index contributed by atoms with van der Waals surface area (Å²) in [5.41, 5.74) is -0.0104. The minimum Gasteiger partial charge on any atom is -0.462 e. The van der Waals surface area contributed by atoms with Gasteiger partial charge in [0.15, 0.2) is 0 Å². The maximum atomic E-state index is 11.6. The van der Waals surface area contributed by atoms with E-state index >= 15 is 0 Å². The van der Waals surface area contributed by atoms with E-state index in [9.17, 15) is 9.59 Å². The van der Waals surface area contributed by atoms with E-state index in [-0.39, 0.29) is 16.4 Å². The largest absolute Gasteiger partial charge is 0.462 e. The number of carbonyl (C=O) groups excluding carboxylic acids is 2. The van der Waals surface area contributed by atoms with Crippen molar-refractivity contribution in [2.24, 2.45) is 16.7 Å². The summed E-state index contributed by atoms with van der Waals surface area (Å²) in [7, 11) is 0. The Bertz CT molecular complexity index is 338. The topological polar surface area (TPSA) is 43.4 Å². The normalized spacial score (nSPS) is 32.8. The molecule has 18 heavy (non-hydrogen) atoms. The molecule has 2 unspecified atom stereocenters. The van der Waals surface area contributed by atoms with E-state index in [4.69, 9.17) is 0 Å². The molecule has 104 valence electrons. The summed E-state index contributed by atoms with van der Waals surface area (Å²) in [6, 6.07) is 0. The van der Waals surface area contributed by atoms with E-state index in [0.717, 1.165) is 12.8 Å².